The van der Waals surface area contributed by atoms with Crippen molar-refractivity contribution in [2.24, 2.45) is 11.8 Å². The minimum atomic E-state index is -2.55. The van der Waals surface area contributed by atoms with Crippen molar-refractivity contribution in [2.45, 2.75) is 44.6 Å². The highest BCUT2D eigenvalue weighted by Gasteiger charge is 2.37. The van der Waals surface area contributed by atoms with Gasteiger partial charge >= 0.3 is 0 Å². The number of hydrogen-bond donors (Lipinski definition) is 2. The van der Waals surface area contributed by atoms with E-state index in [2.05, 4.69) is 5.43 Å². The lowest BCUT2D eigenvalue weighted by molar-refractivity contribution is -0.0497. The largest absolute Gasteiger partial charge is 0.271 e. The van der Waals surface area contributed by atoms with E-state index < -0.39 is 5.92 Å². The zero-order valence-electron chi connectivity index (χ0n) is 10.9. The van der Waals surface area contributed by atoms with Crippen LogP contribution in [0.5, 0.6) is 0 Å². The molecule has 19 heavy (non-hydrogen) atoms. The average Bonchev–Trinajstić information content (AvgIpc) is 2.36. The van der Waals surface area contributed by atoms with E-state index in [-0.39, 0.29) is 30.6 Å². The predicted molar refractivity (Wildman–Crippen MR) is 68.1 cm³/mol. The second-order valence-electron chi connectivity index (χ2n) is 5.35. The minimum absolute atomic E-state index is 0.0643. The van der Waals surface area contributed by atoms with Gasteiger partial charge in [-0.2, -0.15) is 0 Å². The number of nitrogens with two attached hydrogens (primary N) is 1. The summed E-state index contributed by atoms with van der Waals surface area (Å²) in [6.45, 7) is 1.68. The first kappa shape index (κ1) is 14.3. The van der Waals surface area contributed by atoms with Gasteiger partial charge in [0.05, 0.1) is 0 Å². The van der Waals surface area contributed by atoms with E-state index in [0.717, 1.165) is 5.56 Å². The molecule has 0 spiro atoms. The van der Waals surface area contributed by atoms with Gasteiger partial charge in [0.25, 0.3) is 0 Å². The molecule has 1 atom stereocenters. The van der Waals surface area contributed by atoms with Crippen molar-refractivity contribution in [1.29, 1.82) is 0 Å². The van der Waals surface area contributed by atoms with Crippen LogP contribution in [0.3, 0.4) is 0 Å². The van der Waals surface area contributed by atoms with Crippen molar-refractivity contribution in [2.75, 3.05) is 0 Å². The fourth-order valence-corrected chi connectivity index (χ4v) is 2.76. The number of nitrogens with one attached hydrogen (secondary N) is 1. The Morgan fingerprint density at radius 3 is 2.47 bits per heavy atom. The molecule has 1 unspecified atom stereocenters. The van der Waals surface area contributed by atoms with Crippen LogP contribution >= 0.6 is 0 Å². The van der Waals surface area contributed by atoms with Crippen LogP contribution in [0, 0.1) is 18.7 Å². The first-order chi connectivity index (χ1) is 8.93. The van der Waals surface area contributed by atoms with Gasteiger partial charge in [-0.25, -0.2) is 13.2 Å². The Bertz CT molecular complexity index is 438. The third kappa shape index (κ3) is 3.28. The molecular weight excluding hydrogens is 253 g/mol. The van der Waals surface area contributed by atoms with Crippen LogP contribution in [-0.2, 0) is 0 Å². The molecule has 0 aromatic heterocycles. The van der Waals surface area contributed by atoms with Gasteiger partial charge in [-0.05, 0) is 42.9 Å². The third-order valence-electron chi connectivity index (χ3n) is 3.95. The van der Waals surface area contributed by atoms with Crippen molar-refractivity contribution in [3.05, 3.63) is 35.1 Å². The predicted octanol–water partition coefficient (Wildman–Crippen LogP) is 3.46. The average molecular weight is 272 g/mol. The van der Waals surface area contributed by atoms with Gasteiger partial charge in [-0.1, -0.05) is 12.1 Å². The van der Waals surface area contributed by atoms with Crippen LogP contribution in [0.2, 0.25) is 0 Å². The highest BCUT2D eigenvalue weighted by Crippen LogP contribution is 2.41. The second kappa shape index (κ2) is 5.51. The van der Waals surface area contributed by atoms with Crippen LogP contribution in [-0.4, -0.2) is 5.92 Å². The number of rotatable bonds is 3. The Morgan fingerprint density at radius 1 is 1.32 bits per heavy atom. The molecule has 1 aliphatic carbocycles. The van der Waals surface area contributed by atoms with E-state index in [9.17, 15) is 13.2 Å². The summed E-state index contributed by atoms with van der Waals surface area (Å²) in [5.41, 5.74) is 4.09. The molecule has 0 heterocycles. The smallest absolute Gasteiger partial charge is 0.248 e. The fourth-order valence-electron chi connectivity index (χ4n) is 2.76. The zero-order valence-corrected chi connectivity index (χ0v) is 10.9. The van der Waals surface area contributed by atoms with Gasteiger partial charge in [0.1, 0.15) is 5.82 Å². The van der Waals surface area contributed by atoms with E-state index in [0.29, 0.717) is 18.4 Å². The molecule has 0 aliphatic heterocycles. The number of aryl methyl sites for hydroxylation is 1. The summed E-state index contributed by atoms with van der Waals surface area (Å²) in [5, 5.41) is 0. The van der Waals surface area contributed by atoms with Crippen molar-refractivity contribution in [1.82, 2.24) is 5.43 Å². The standard InChI is InChI=1S/C14H19F3N2/c1-9-8-11(2-3-12(9)15)13(19-18)10-4-6-14(16,17)7-5-10/h2-3,8,10,13,19H,4-7,18H2,1H3. The number of hydrogen-bond acceptors (Lipinski definition) is 2. The third-order valence-corrected chi connectivity index (χ3v) is 3.95. The molecule has 2 nitrogen and oxygen atoms in total. The fraction of sp³-hybridized carbons (Fsp3) is 0.571. The Hall–Kier alpha value is -1.07. The molecule has 1 aromatic rings. The molecule has 0 bridgehead atoms. The van der Waals surface area contributed by atoms with Crippen LogP contribution in [0.15, 0.2) is 18.2 Å². The van der Waals surface area contributed by atoms with E-state index in [1.807, 2.05) is 0 Å². The van der Waals surface area contributed by atoms with Gasteiger partial charge < -0.3 is 0 Å². The van der Waals surface area contributed by atoms with Crippen molar-refractivity contribution >= 4 is 0 Å². The Morgan fingerprint density at radius 2 is 1.95 bits per heavy atom. The summed E-state index contributed by atoms with van der Waals surface area (Å²) in [6, 6.07) is 4.59. The Labute approximate surface area is 111 Å². The molecule has 106 valence electrons. The van der Waals surface area contributed by atoms with E-state index in [4.69, 9.17) is 5.84 Å². The Kier molecular flexibility index (Phi) is 4.16. The summed E-state index contributed by atoms with van der Waals surface area (Å²) in [4.78, 5) is 0. The first-order valence-corrected chi connectivity index (χ1v) is 6.53. The number of alkyl halides is 2. The molecule has 1 aromatic carbocycles. The van der Waals surface area contributed by atoms with E-state index in [1.165, 1.54) is 6.07 Å². The van der Waals surface area contributed by atoms with Crippen LogP contribution < -0.4 is 11.3 Å². The van der Waals surface area contributed by atoms with Gasteiger partial charge in [-0.15, -0.1) is 0 Å². The van der Waals surface area contributed by atoms with Crippen LogP contribution in [0.4, 0.5) is 13.2 Å². The van der Waals surface area contributed by atoms with Crippen LogP contribution in [0.1, 0.15) is 42.9 Å². The molecule has 0 radical (unpaired) electrons. The summed E-state index contributed by atoms with van der Waals surface area (Å²) >= 11 is 0. The summed E-state index contributed by atoms with van der Waals surface area (Å²) < 4.78 is 39.6. The maximum absolute atomic E-state index is 13.3. The first-order valence-electron chi connectivity index (χ1n) is 6.53. The lowest BCUT2D eigenvalue weighted by Crippen LogP contribution is -2.37. The maximum atomic E-state index is 13.3. The quantitative estimate of drug-likeness (QED) is 0.653. The topological polar surface area (TPSA) is 38.0 Å². The van der Waals surface area contributed by atoms with Crippen molar-refractivity contribution in [3.63, 3.8) is 0 Å². The molecule has 1 saturated carbocycles. The highest BCUT2D eigenvalue weighted by atomic mass is 19.3. The zero-order chi connectivity index (χ0) is 14.0. The van der Waals surface area contributed by atoms with Crippen molar-refractivity contribution in [3.8, 4) is 0 Å². The van der Waals surface area contributed by atoms with Gasteiger partial charge in [-0.3, -0.25) is 11.3 Å². The lowest BCUT2D eigenvalue weighted by Gasteiger charge is -2.33. The molecule has 5 heteroatoms. The van der Waals surface area contributed by atoms with Gasteiger partial charge in [0, 0.05) is 18.9 Å². The molecule has 1 fully saturated rings. The van der Waals surface area contributed by atoms with E-state index in [1.54, 1.807) is 19.1 Å². The molecular formula is C14H19F3N2. The highest BCUT2D eigenvalue weighted by molar-refractivity contribution is 5.27. The minimum Gasteiger partial charge on any atom is -0.271 e. The SMILES string of the molecule is Cc1cc(C(NN)C2CCC(F)(F)CC2)ccc1F. The van der Waals surface area contributed by atoms with Gasteiger partial charge in [0.15, 0.2) is 0 Å². The lowest BCUT2D eigenvalue weighted by atomic mass is 9.79. The van der Waals surface area contributed by atoms with Crippen molar-refractivity contribution < 1.29 is 13.2 Å². The molecule has 3 N–H and O–H groups in total. The van der Waals surface area contributed by atoms with E-state index >= 15 is 0 Å². The summed E-state index contributed by atoms with van der Waals surface area (Å²) in [7, 11) is 0. The monoisotopic (exact) mass is 272 g/mol. The number of hydrazine groups is 1. The van der Waals surface area contributed by atoms with Gasteiger partial charge in [0.2, 0.25) is 5.92 Å². The summed E-state index contributed by atoms with van der Waals surface area (Å²) in [5.74, 6) is 2.81. The number of halogens is 3. The maximum Gasteiger partial charge on any atom is 0.248 e. The summed E-state index contributed by atoms with van der Waals surface area (Å²) in [6.07, 6.45) is 0.655. The molecule has 2 rings (SSSR count). The number of benzene rings is 1. The molecule has 0 saturated heterocycles. The Balaban J connectivity index is 2.14. The normalized spacial score (nSPS) is 21.3. The molecule has 1 aliphatic rings. The van der Waals surface area contributed by atoms with Crippen LogP contribution in [0.25, 0.3) is 0 Å². The second-order valence-corrected chi connectivity index (χ2v) is 5.35. The molecule has 0 amide bonds.